The molecule has 1 saturated heterocycles. The van der Waals surface area contributed by atoms with E-state index in [4.69, 9.17) is 9.47 Å². The predicted molar refractivity (Wildman–Crippen MR) is 181 cm³/mol. The smallest absolute Gasteiger partial charge is 0.408 e. The monoisotopic (exact) mass is 646 g/mol. The number of likely N-dealkylation sites (tertiary alicyclic amines) is 1. The molecule has 0 spiro atoms. The van der Waals surface area contributed by atoms with Gasteiger partial charge in [-0.05, 0) is 146 Å². The summed E-state index contributed by atoms with van der Waals surface area (Å²) in [7, 11) is 0. The molecule has 0 aromatic heterocycles. The van der Waals surface area contributed by atoms with Crippen LogP contribution >= 0.6 is 0 Å². The van der Waals surface area contributed by atoms with Gasteiger partial charge in [0.25, 0.3) is 0 Å². The number of piperidine rings is 1. The first kappa shape index (κ1) is 37.0. The third-order valence-corrected chi connectivity index (χ3v) is 12.3. The summed E-state index contributed by atoms with van der Waals surface area (Å²) < 4.78 is 11.0. The molecule has 2 N–H and O–H groups in total. The first-order valence-electron chi connectivity index (χ1n) is 18.4. The van der Waals surface area contributed by atoms with Crippen LogP contribution in [0.2, 0.25) is 0 Å². The molecule has 46 heavy (non-hydrogen) atoms. The second-order valence-corrected chi connectivity index (χ2v) is 18.3. The zero-order chi connectivity index (χ0) is 34.2. The molecule has 4 aliphatic rings. The average molecular weight is 647 g/mol. The number of aliphatic hydroxyl groups is 1. The van der Waals surface area contributed by atoms with Crippen molar-refractivity contribution in [3.63, 3.8) is 0 Å². The van der Waals surface area contributed by atoms with Crippen molar-refractivity contribution in [2.45, 2.75) is 163 Å². The number of amides is 2. The molecule has 8 unspecified atom stereocenters. The number of fused-ring (bicyclic) bond motifs is 5. The molecule has 8 nitrogen and oxygen atoms in total. The van der Waals surface area contributed by atoms with Crippen molar-refractivity contribution in [3.8, 4) is 0 Å². The van der Waals surface area contributed by atoms with E-state index >= 15 is 0 Å². The van der Waals surface area contributed by atoms with Gasteiger partial charge in [-0.3, -0.25) is 9.59 Å². The summed E-state index contributed by atoms with van der Waals surface area (Å²) in [6.45, 7) is 21.6. The van der Waals surface area contributed by atoms with E-state index in [9.17, 15) is 19.5 Å². The van der Waals surface area contributed by atoms with Gasteiger partial charge in [-0.1, -0.05) is 34.1 Å². The molecular weight excluding hydrogens is 580 g/mol. The molecule has 264 valence electrons. The molecule has 0 radical (unpaired) electrons. The van der Waals surface area contributed by atoms with Crippen LogP contribution in [0.25, 0.3) is 0 Å². The zero-order valence-corrected chi connectivity index (χ0v) is 30.7. The van der Waals surface area contributed by atoms with Gasteiger partial charge in [0.05, 0.1) is 6.10 Å². The van der Waals surface area contributed by atoms with Crippen molar-refractivity contribution in [2.24, 2.45) is 46.3 Å². The standard InChI is InChI=1S/C38H66N2O6/c1-24(2)21-29(39-34(44)46-36(6,7)8)33(43)40-20-19-38(10)26(23-40)22-30(41)32-27-16-15-25(37(27,9)18-17-28(32)38)13-11-12-14-31(42)45-35(3,4)5/h24-30,32,41H,11-23H2,1-10H3,(H,39,44)/t25?,26?,27?,28?,29?,30-,32?,37?,38?/m0/s1. The Kier molecular flexibility index (Phi) is 11.2. The van der Waals surface area contributed by atoms with E-state index in [-0.39, 0.29) is 40.6 Å². The summed E-state index contributed by atoms with van der Waals surface area (Å²) in [6, 6.07) is -0.615. The number of carbonyl (C=O) groups is 3. The summed E-state index contributed by atoms with van der Waals surface area (Å²) in [5.41, 5.74) is -0.723. The van der Waals surface area contributed by atoms with E-state index in [0.717, 1.165) is 38.5 Å². The van der Waals surface area contributed by atoms with Crippen LogP contribution in [-0.2, 0) is 19.1 Å². The van der Waals surface area contributed by atoms with Crippen LogP contribution in [0.5, 0.6) is 0 Å². The lowest BCUT2D eigenvalue weighted by molar-refractivity contribution is -0.175. The quantitative estimate of drug-likeness (QED) is 0.199. The van der Waals surface area contributed by atoms with Crippen molar-refractivity contribution < 1.29 is 29.0 Å². The number of esters is 1. The third kappa shape index (κ3) is 8.41. The van der Waals surface area contributed by atoms with Crippen molar-refractivity contribution in [1.82, 2.24) is 10.2 Å². The second kappa shape index (κ2) is 14.0. The Morgan fingerprint density at radius 2 is 1.57 bits per heavy atom. The molecule has 0 bridgehead atoms. The average Bonchev–Trinajstić information content (AvgIpc) is 3.24. The molecule has 0 aromatic carbocycles. The molecule has 1 heterocycles. The minimum atomic E-state index is -0.631. The Morgan fingerprint density at radius 3 is 2.20 bits per heavy atom. The summed E-state index contributed by atoms with van der Waals surface area (Å²) in [5.74, 6) is 2.32. The van der Waals surface area contributed by atoms with Gasteiger partial charge in [0.1, 0.15) is 17.2 Å². The number of carbonyl (C=O) groups excluding carboxylic acids is 3. The first-order valence-corrected chi connectivity index (χ1v) is 18.4. The maximum Gasteiger partial charge on any atom is 0.408 e. The fourth-order valence-electron chi connectivity index (χ4n) is 10.1. The van der Waals surface area contributed by atoms with Gasteiger partial charge in [-0.2, -0.15) is 0 Å². The summed E-state index contributed by atoms with van der Waals surface area (Å²) in [4.78, 5) is 40.7. The molecular formula is C38H66N2O6. The lowest BCUT2D eigenvalue weighted by atomic mass is 9.45. The van der Waals surface area contributed by atoms with Gasteiger partial charge in [0, 0.05) is 19.5 Å². The number of ether oxygens (including phenoxy) is 2. The molecule has 2 amide bonds. The van der Waals surface area contributed by atoms with E-state index in [1.807, 2.05) is 46.4 Å². The van der Waals surface area contributed by atoms with Crippen LogP contribution in [0.15, 0.2) is 0 Å². The summed E-state index contributed by atoms with van der Waals surface area (Å²) in [5, 5.41) is 14.7. The Morgan fingerprint density at radius 1 is 0.913 bits per heavy atom. The van der Waals surface area contributed by atoms with Crippen molar-refractivity contribution >= 4 is 18.0 Å². The number of hydrogen-bond donors (Lipinski definition) is 2. The minimum Gasteiger partial charge on any atom is -0.460 e. The highest BCUT2D eigenvalue weighted by atomic mass is 16.6. The van der Waals surface area contributed by atoms with Gasteiger partial charge >= 0.3 is 12.1 Å². The number of unbranched alkanes of at least 4 members (excludes halogenated alkanes) is 1. The number of nitrogens with zero attached hydrogens (tertiary/aromatic N) is 1. The van der Waals surface area contributed by atoms with Crippen LogP contribution < -0.4 is 5.32 Å². The Balaban J connectivity index is 1.38. The molecule has 9 atom stereocenters. The topological polar surface area (TPSA) is 105 Å². The van der Waals surface area contributed by atoms with Gasteiger partial charge in [0.2, 0.25) is 5.91 Å². The fraction of sp³-hybridized carbons (Fsp3) is 0.921. The van der Waals surface area contributed by atoms with Crippen molar-refractivity contribution in [1.29, 1.82) is 0 Å². The second-order valence-electron chi connectivity index (χ2n) is 18.3. The maximum absolute atomic E-state index is 13.9. The third-order valence-electron chi connectivity index (χ3n) is 12.3. The molecule has 8 heteroatoms. The van der Waals surface area contributed by atoms with E-state index in [0.29, 0.717) is 49.6 Å². The zero-order valence-electron chi connectivity index (χ0n) is 30.7. The highest BCUT2D eigenvalue weighted by Crippen LogP contribution is 2.67. The molecule has 3 saturated carbocycles. The fourth-order valence-corrected chi connectivity index (χ4v) is 10.1. The summed E-state index contributed by atoms with van der Waals surface area (Å²) >= 11 is 0. The van der Waals surface area contributed by atoms with Crippen molar-refractivity contribution in [2.75, 3.05) is 13.1 Å². The van der Waals surface area contributed by atoms with Gasteiger partial charge < -0.3 is 24.8 Å². The Labute approximate surface area is 279 Å². The molecule has 1 aliphatic heterocycles. The molecule has 4 rings (SSSR count). The van der Waals surface area contributed by atoms with Crippen LogP contribution in [0, 0.1) is 46.3 Å². The normalized spacial score (nSPS) is 35.1. The van der Waals surface area contributed by atoms with E-state index in [2.05, 4.69) is 33.0 Å². The van der Waals surface area contributed by atoms with Crippen LogP contribution in [0.3, 0.4) is 0 Å². The Hall–Kier alpha value is -1.83. The first-order chi connectivity index (χ1) is 21.2. The highest BCUT2D eigenvalue weighted by molar-refractivity contribution is 5.86. The van der Waals surface area contributed by atoms with E-state index in [1.165, 1.54) is 19.3 Å². The van der Waals surface area contributed by atoms with E-state index < -0.39 is 23.3 Å². The predicted octanol–water partition coefficient (Wildman–Crippen LogP) is 7.51. The number of alkyl carbamates (subject to hydrolysis) is 1. The number of rotatable bonds is 9. The number of nitrogens with one attached hydrogen (secondary N) is 1. The summed E-state index contributed by atoms with van der Waals surface area (Å²) in [6.07, 6.45) is 9.64. The SMILES string of the molecule is CC(C)CC(NC(=O)OC(C)(C)C)C(=O)N1CCC2(C)C(C[C@H](O)C3C4CCC(CCCCC(=O)OC(C)(C)C)C4(C)CCC32)C1. The Bertz CT molecular complexity index is 1090. The molecule has 3 aliphatic carbocycles. The largest absolute Gasteiger partial charge is 0.460 e. The van der Waals surface area contributed by atoms with Gasteiger partial charge in [0.15, 0.2) is 0 Å². The maximum atomic E-state index is 13.9. The lowest BCUT2D eigenvalue weighted by Crippen LogP contribution is -2.62. The lowest BCUT2D eigenvalue weighted by Gasteiger charge is -2.62. The number of aliphatic hydroxyl groups excluding tert-OH is 1. The van der Waals surface area contributed by atoms with Crippen LogP contribution in [-0.4, -0.2) is 64.4 Å². The van der Waals surface area contributed by atoms with Crippen molar-refractivity contribution in [3.05, 3.63) is 0 Å². The van der Waals surface area contributed by atoms with Crippen LogP contribution in [0.1, 0.15) is 140 Å². The van der Waals surface area contributed by atoms with Gasteiger partial charge in [-0.15, -0.1) is 0 Å². The molecule has 0 aromatic rings. The van der Waals surface area contributed by atoms with Gasteiger partial charge in [-0.25, -0.2) is 4.79 Å². The minimum absolute atomic E-state index is 0.0280. The highest BCUT2D eigenvalue weighted by Gasteiger charge is 2.62. The number of hydrogen-bond acceptors (Lipinski definition) is 6. The molecule has 4 fully saturated rings. The van der Waals surface area contributed by atoms with E-state index in [1.54, 1.807) is 0 Å². The van der Waals surface area contributed by atoms with Crippen LogP contribution in [0.4, 0.5) is 4.79 Å².